The second-order valence-corrected chi connectivity index (χ2v) is 8.51. The smallest absolute Gasteiger partial charge is 0.324 e. The maximum absolute atomic E-state index is 13.2. The van der Waals surface area contributed by atoms with E-state index < -0.39 is 52.8 Å². The molecule has 1 N–H and O–H groups in total. The number of nitrogens with one attached hydrogen (secondary N) is 1. The largest absolute Gasteiger partial charge is 0.418 e. The molecule has 180 valence electrons. The minimum Gasteiger partial charge on any atom is -0.324 e. The first kappa shape index (κ1) is 25.9. The zero-order valence-electron chi connectivity index (χ0n) is 16.4. The van der Waals surface area contributed by atoms with Crippen molar-refractivity contribution in [3.63, 3.8) is 0 Å². The van der Waals surface area contributed by atoms with Crippen molar-refractivity contribution in [1.82, 2.24) is 4.90 Å². The van der Waals surface area contributed by atoms with Gasteiger partial charge in [-0.3, -0.25) is 19.3 Å². The number of alkyl halides is 6. The Balaban J connectivity index is 1.83. The first-order valence-electron chi connectivity index (χ1n) is 8.96. The molecule has 14 heteroatoms. The lowest BCUT2D eigenvalue weighted by Gasteiger charge is -2.18. The fourth-order valence-corrected chi connectivity index (χ4v) is 4.15. The summed E-state index contributed by atoms with van der Waals surface area (Å²) in [5.41, 5.74) is -3.91. The molecule has 1 aliphatic heterocycles. The van der Waals surface area contributed by atoms with Gasteiger partial charge >= 0.3 is 12.4 Å². The molecule has 1 heterocycles. The Morgan fingerprint density at radius 2 is 1.62 bits per heavy atom. The van der Waals surface area contributed by atoms with Crippen LogP contribution in [0.4, 0.5) is 36.8 Å². The molecule has 0 unspecified atom stereocenters. The zero-order valence-corrected chi connectivity index (χ0v) is 18.7. The van der Waals surface area contributed by atoms with Crippen molar-refractivity contribution in [2.45, 2.75) is 12.4 Å². The zero-order chi connectivity index (χ0) is 25.4. The van der Waals surface area contributed by atoms with E-state index in [1.807, 2.05) is 0 Å². The number of anilines is 1. The summed E-state index contributed by atoms with van der Waals surface area (Å²) in [5.74, 6) is -2.27. The lowest BCUT2D eigenvalue weighted by Crippen LogP contribution is -2.36. The second-order valence-electron chi connectivity index (χ2n) is 6.71. The Bertz CT molecular complexity index is 1190. The highest BCUT2D eigenvalue weighted by atomic mass is 35.5. The molecule has 0 bridgehead atoms. The van der Waals surface area contributed by atoms with Gasteiger partial charge in [0.05, 0.1) is 21.7 Å². The molecule has 0 aromatic heterocycles. The highest BCUT2D eigenvalue weighted by Crippen LogP contribution is 2.39. The third kappa shape index (κ3) is 5.68. The average Bonchev–Trinajstić information content (AvgIpc) is 2.96. The van der Waals surface area contributed by atoms with Gasteiger partial charge in [0, 0.05) is 15.6 Å². The van der Waals surface area contributed by atoms with Gasteiger partial charge in [-0.05, 0) is 48.2 Å². The predicted octanol–water partition coefficient (Wildman–Crippen LogP) is 6.71. The molecule has 1 fully saturated rings. The number of hydrogen-bond donors (Lipinski definition) is 1. The lowest BCUT2D eigenvalue weighted by molar-refractivity contribution is -0.141. The maximum Gasteiger partial charge on any atom is 0.418 e. The van der Waals surface area contributed by atoms with Gasteiger partial charge in [-0.2, -0.15) is 26.3 Å². The van der Waals surface area contributed by atoms with Crippen molar-refractivity contribution in [2.24, 2.45) is 0 Å². The van der Waals surface area contributed by atoms with Gasteiger partial charge in [0.2, 0.25) is 5.91 Å². The van der Waals surface area contributed by atoms with Crippen LogP contribution >= 0.6 is 35.0 Å². The van der Waals surface area contributed by atoms with E-state index in [1.54, 1.807) is 11.4 Å². The Morgan fingerprint density at radius 1 is 1.00 bits per heavy atom. The molecule has 2 aromatic carbocycles. The molecule has 3 amide bonds. The number of imide groups is 1. The van der Waals surface area contributed by atoms with Crippen molar-refractivity contribution in [2.75, 3.05) is 11.9 Å². The molecular weight excluding hydrogens is 533 g/mol. The number of rotatable bonds is 4. The minimum atomic E-state index is -5.08. The fraction of sp³-hybridized carbons (Fsp3) is 0.150. The van der Waals surface area contributed by atoms with Crippen LogP contribution in [0.2, 0.25) is 10.0 Å². The lowest BCUT2D eigenvalue weighted by atomic mass is 10.1. The number of nitrogens with zero attached hydrogens (tertiary/aromatic N) is 1. The highest BCUT2D eigenvalue weighted by Gasteiger charge is 2.39. The average molecular weight is 543 g/mol. The van der Waals surface area contributed by atoms with E-state index in [0.29, 0.717) is 16.7 Å². The molecule has 0 radical (unpaired) electrons. The van der Waals surface area contributed by atoms with E-state index in [-0.39, 0.29) is 38.7 Å². The molecule has 0 spiro atoms. The van der Waals surface area contributed by atoms with E-state index in [2.05, 4.69) is 0 Å². The number of benzene rings is 2. The van der Waals surface area contributed by atoms with Crippen LogP contribution in [0.5, 0.6) is 0 Å². The molecule has 3 rings (SSSR count). The van der Waals surface area contributed by atoms with Gasteiger partial charge in [-0.25, -0.2) is 0 Å². The van der Waals surface area contributed by atoms with Crippen molar-refractivity contribution >= 4 is 63.8 Å². The minimum absolute atomic E-state index is 0.119. The Morgan fingerprint density at radius 3 is 2.18 bits per heavy atom. The molecule has 1 aliphatic rings. The van der Waals surface area contributed by atoms with Crippen molar-refractivity contribution in [3.8, 4) is 0 Å². The van der Waals surface area contributed by atoms with Crippen LogP contribution < -0.4 is 5.32 Å². The first-order valence-corrected chi connectivity index (χ1v) is 10.5. The molecular formula is C20H10Cl2F6N2O3S. The third-order valence-electron chi connectivity index (χ3n) is 4.38. The Hall–Kier alpha value is -2.70. The molecule has 1 saturated heterocycles. The number of halogens is 8. The number of amides is 3. The van der Waals surface area contributed by atoms with Gasteiger partial charge in [0.25, 0.3) is 11.1 Å². The summed E-state index contributed by atoms with van der Waals surface area (Å²) in [6.45, 7) is -1.04. The van der Waals surface area contributed by atoms with Crippen LogP contribution in [0.15, 0.2) is 41.3 Å². The summed E-state index contributed by atoms with van der Waals surface area (Å²) >= 11 is 12.5. The number of carbonyl (C=O) groups is 3. The van der Waals surface area contributed by atoms with E-state index in [4.69, 9.17) is 23.2 Å². The third-order valence-corrected chi connectivity index (χ3v) is 5.94. The fourth-order valence-electron chi connectivity index (χ4n) is 2.82. The first-order chi connectivity index (χ1) is 15.7. The van der Waals surface area contributed by atoms with Gasteiger partial charge in [-0.15, -0.1) is 0 Å². The quantitative estimate of drug-likeness (QED) is 0.344. The number of hydrogen-bond acceptors (Lipinski definition) is 4. The van der Waals surface area contributed by atoms with Crippen LogP contribution in [0.25, 0.3) is 6.08 Å². The summed E-state index contributed by atoms with van der Waals surface area (Å²) < 4.78 is 78.4. The Labute approximate surface area is 201 Å². The van der Waals surface area contributed by atoms with E-state index in [0.717, 1.165) is 0 Å². The van der Waals surface area contributed by atoms with Crippen molar-refractivity contribution < 1.29 is 40.7 Å². The molecule has 2 aromatic rings. The van der Waals surface area contributed by atoms with E-state index >= 15 is 0 Å². The van der Waals surface area contributed by atoms with Crippen LogP contribution in [0.3, 0.4) is 0 Å². The summed E-state index contributed by atoms with van der Waals surface area (Å²) in [5, 5.41) is 1.12. The Kier molecular flexibility index (Phi) is 7.25. The van der Waals surface area contributed by atoms with Gasteiger partial charge in [0.15, 0.2) is 0 Å². The van der Waals surface area contributed by atoms with Crippen LogP contribution in [-0.2, 0) is 21.9 Å². The topological polar surface area (TPSA) is 66.5 Å². The predicted molar refractivity (Wildman–Crippen MR) is 114 cm³/mol. The van der Waals surface area contributed by atoms with E-state index in [9.17, 15) is 40.7 Å². The second kappa shape index (κ2) is 9.51. The summed E-state index contributed by atoms with van der Waals surface area (Å²) in [6, 6.07) is 5.01. The number of thioether (sulfide) groups is 1. The van der Waals surface area contributed by atoms with E-state index in [1.165, 1.54) is 18.2 Å². The van der Waals surface area contributed by atoms with Gasteiger partial charge in [-0.1, -0.05) is 29.3 Å². The summed E-state index contributed by atoms with van der Waals surface area (Å²) in [6.07, 6.45) is -8.84. The maximum atomic E-state index is 13.2. The molecule has 0 saturated carbocycles. The molecule has 0 aliphatic carbocycles. The van der Waals surface area contributed by atoms with Crippen LogP contribution in [-0.4, -0.2) is 28.5 Å². The summed E-state index contributed by atoms with van der Waals surface area (Å²) in [4.78, 5) is 37.3. The summed E-state index contributed by atoms with van der Waals surface area (Å²) in [7, 11) is 0. The molecule has 5 nitrogen and oxygen atoms in total. The van der Waals surface area contributed by atoms with Crippen LogP contribution in [0, 0.1) is 0 Å². The molecule has 34 heavy (non-hydrogen) atoms. The standard InChI is InChI=1S/C20H10Cl2F6N2O3S/c21-12-2-1-3-13(22)10(12)7-15-17(32)30(18(33)34-15)8-16(31)29-14-6-9(19(23,24)25)4-5-11(14)20(26,27)28/h1-7H,8H2,(H,29,31)/b15-7+. The monoisotopic (exact) mass is 542 g/mol. The van der Waals surface area contributed by atoms with Crippen molar-refractivity contribution in [1.29, 1.82) is 0 Å². The normalized spacial score (nSPS) is 15.9. The number of carbonyl (C=O) groups excluding carboxylic acids is 3. The van der Waals surface area contributed by atoms with Crippen molar-refractivity contribution in [3.05, 3.63) is 68.0 Å². The van der Waals surface area contributed by atoms with Gasteiger partial charge < -0.3 is 5.32 Å². The van der Waals surface area contributed by atoms with Gasteiger partial charge in [0.1, 0.15) is 6.54 Å². The molecule has 0 atom stereocenters. The van der Waals surface area contributed by atoms with Crippen LogP contribution in [0.1, 0.15) is 16.7 Å². The SMILES string of the molecule is O=C(CN1C(=O)S/C(=C/c2c(Cl)cccc2Cl)C1=O)Nc1cc(C(F)(F)F)ccc1C(F)(F)F. The highest BCUT2D eigenvalue weighted by molar-refractivity contribution is 8.18.